The summed E-state index contributed by atoms with van der Waals surface area (Å²) in [6.07, 6.45) is 3.91. The molecule has 0 bridgehead atoms. The molecule has 1 N–H and O–H groups in total. The summed E-state index contributed by atoms with van der Waals surface area (Å²) in [7, 11) is 0. The Kier molecular flexibility index (Phi) is 1.24. The van der Waals surface area contributed by atoms with Crippen LogP contribution >= 0.6 is 0 Å². The number of aromatic amines is 1. The lowest BCUT2D eigenvalue weighted by atomic mass is 10.2. The van der Waals surface area contributed by atoms with Crippen LogP contribution in [0.4, 0.5) is 0 Å². The van der Waals surface area contributed by atoms with Gasteiger partial charge in [-0.05, 0) is 5.92 Å². The highest BCUT2D eigenvalue weighted by atomic mass is 15.2. The number of nitrogens with zero attached hydrogens (tertiary/aromatic N) is 2. The van der Waals surface area contributed by atoms with Crippen LogP contribution in [0.1, 0.15) is 25.5 Å². The molecule has 0 amide bonds. The second kappa shape index (κ2) is 2.12. The Labute approximate surface area is 65.0 Å². The molecule has 2 aromatic rings. The molecule has 0 atom stereocenters. The number of fused-ring (bicyclic) bond motifs is 1. The summed E-state index contributed by atoms with van der Waals surface area (Å²) in [6.45, 7) is 4.28. The molecule has 11 heavy (non-hydrogen) atoms. The first-order chi connectivity index (χ1) is 5.27. The van der Waals surface area contributed by atoms with Gasteiger partial charge in [-0.15, -0.1) is 0 Å². The van der Waals surface area contributed by atoms with Crippen molar-refractivity contribution in [3.63, 3.8) is 0 Å². The molecule has 58 valence electrons. The van der Waals surface area contributed by atoms with Gasteiger partial charge in [0.1, 0.15) is 0 Å². The van der Waals surface area contributed by atoms with Gasteiger partial charge in [0.2, 0.25) is 0 Å². The summed E-state index contributed by atoms with van der Waals surface area (Å²) in [5.74, 6) is 0.503. The van der Waals surface area contributed by atoms with Gasteiger partial charge in [0, 0.05) is 12.3 Å². The second-order valence-electron chi connectivity index (χ2n) is 3.01. The van der Waals surface area contributed by atoms with Crippen molar-refractivity contribution in [3.05, 3.63) is 24.2 Å². The van der Waals surface area contributed by atoms with E-state index >= 15 is 0 Å². The van der Waals surface area contributed by atoms with Gasteiger partial charge in [-0.25, -0.2) is 9.50 Å². The van der Waals surface area contributed by atoms with E-state index in [4.69, 9.17) is 0 Å². The Morgan fingerprint density at radius 1 is 1.55 bits per heavy atom. The van der Waals surface area contributed by atoms with Crippen molar-refractivity contribution < 1.29 is 0 Å². The average Bonchev–Trinajstić information content (AvgIpc) is 2.40. The number of rotatable bonds is 1. The van der Waals surface area contributed by atoms with Gasteiger partial charge < -0.3 is 5.10 Å². The molecular weight excluding hydrogens is 138 g/mol. The standard InChI is InChI=1S/C8H11N3/c1-6(2)7-5-11-8(10-7)3-4-9-11/h3-6,9H,1-2H3. The van der Waals surface area contributed by atoms with Gasteiger partial charge in [0.15, 0.2) is 5.65 Å². The number of hydrogen-bond donors (Lipinski definition) is 1. The summed E-state index contributed by atoms with van der Waals surface area (Å²) in [5.41, 5.74) is 2.13. The molecule has 0 saturated carbocycles. The maximum absolute atomic E-state index is 4.40. The monoisotopic (exact) mass is 149 g/mol. The second-order valence-corrected chi connectivity index (χ2v) is 3.01. The lowest BCUT2D eigenvalue weighted by Crippen LogP contribution is -1.85. The lowest BCUT2D eigenvalue weighted by molar-refractivity contribution is 0.829. The fraction of sp³-hybridized carbons (Fsp3) is 0.375. The van der Waals surface area contributed by atoms with Gasteiger partial charge >= 0.3 is 0 Å². The third kappa shape index (κ3) is 0.926. The maximum atomic E-state index is 4.40. The highest BCUT2D eigenvalue weighted by molar-refractivity contribution is 5.38. The minimum Gasteiger partial charge on any atom is -0.300 e. The largest absolute Gasteiger partial charge is 0.300 e. The van der Waals surface area contributed by atoms with E-state index in [1.165, 1.54) is 0 Å². The quantitative estimate of drug-likeness (QED) is 0.658. The Morgan fingerprint density at radius 3 is 3.00 bits per heavy atom. The molecule has 0 spiro atoms. The zero-order valence-corrected chi connectivity index (χ0v) is 6.70. The van der Waals surface area contributed by atoms with E-state index in [-0.39, 0.29) is 0 Å². The van der Waals surface area contributed by atoms with Gasteiger partial charge in [-0.3, -0.25) is 0 Å². The van der Waals surface area contributed by atoms with Crippen molar-refractivity contribution >= 4 is 5.65 Å². The first-order valence-electron chi connectivity index (χ1n) is 3.80. The van der Waals surface area contributed by atoms with Gasteiger partial charge in [-0.2, -0.15) is 0 Å². The molecule has 0 radical (unpaired) electrons. The normalized spacial score (nSPS) is 11.5. The number of aromatic nitrogens is 3. The third-order valence-electron chi connectivity index (χ3n) is 1.79. The first kappa shape index (κ1) is 6.46. The average molecular weight is 149 g/mol. The van der Waals surface area contributed by atoms with E-state index in [2.05, 4.69) is 23.9 Å². The number of H-pyrrole nitrogens is 1. The highest BCUT2D eigenvalue weighted by Gasteiger charge is 2.04. The Bertz CT molecular complexity index is 327. The van der Waals surface area contributed by atoms with Crippen LogP contribution in [-0.2, 0) is 0 Å². The number of hydrogen-bond acceptors (Lipinski definition) is 1. The van der Waals surface area contributed by atoms with Crippen LogP contribution in [0.5, 0.6) is 0 Å². The molecule has 2 aromatic heterocycles. The van der Waals surface area contributed by atoms with Crippen molar-refractivity contribution in [3.8, 4) is 0 Å². The highest BCUT2D eigenvalue weighted by Crippen LogP contribution is 2.12. The van der Waals surface area contributed by atoms with Gasteiger partial charge in [-0.1, -0.05) is 13.8 Å². The SMILES string of the molecule is CC(C)c1cn2[nH]ccc2n1. The predicted octanol–water partition coefficient (Wildman–Crippen LogP) is 1.79. The van der Waals surface area contributed by atoms with Crippen LogP contribution in [0.2, 0.25) is 0 Å². The molecule has 0 fully saturated rings. The molecule has 0 aliphatic carbocycles. The lowest BCUT2D eigenvalue weighted by Gasteiger charge is -1.94. The molecular formula is C8H11N3. The summed E-state index contributed by atoms with van der Waals surface area (Å²) in [5, 5.41) is 3.05. The van der Waals surface area contributed by atoms with Crippen LogP contribution < -0.4 is 0 Å². The van der Waals surface area contributed by atoms with Crippen molar-refractivity contribution in [2.45, 2.75) is 19.8 Å². The van der Waals surface area contributed by atoms with Crippen LogP contribution in [0.3, 0.4) is 0 Å². The third-order valence-corrected chi connectivity index (χ3v) is 1.79. The van der Waals surface area contributed by atoms with Crippen molar-refractivity contribution in [1.29, 1.82) is 0 Å². The van der Waals surface area contributed by atoms with Gasteiger partial charge in [0.05, 0.1) is 11.9 Å². The molecule has 2 rings (SSSR count). The van der Waals surface area contributed by atoms with E-state index in [0.717, 1.165) is 11.3 Å². The zero-order chi connectivity index (χ0) is 7.84. The molecule has 0 unspecified atom stereocenters. The van der Waals surface area contributed by atoms with Gasteiger partial charge in [0.25, 0.3) is 0 Å². The number of imidazole rings is 1. The van der Waals surface area contributed by atoms with E-state index in [1.54, 1.807) is 0 Å². The van der Waals surface area contributed by atoms with E-state index in [1.807, 2.05) is 23.0 Å². The predicted molar refractivity (Wildman–Crippen MR) is 43.6 cm³/mol. The van der Waals surface area contributed by atoms with E-state index in [0.29, 0.717) is 5.92 Å². The fourth-order valence-corrected chi connectivity index (χ4v) is 1.10. The van der Waals surface area contributed by atoms with Crippen LogP contribution in [0.25, 0.3) is 5.65 Å². The Hall–Kier alpha value is -1.25. The summed E-state index contributed by atoms with van der Waals surface area (Å²) < 4.78 is 1.93. The fourth-order valence-electron chi connectivity index (χ4n) is 1.10. The molecule has 2 heterocycles. The molecule has 0 aliphatic rings. The minimum atomic E-state index is 0.503. The smallest absolute Gasteiger partial charge is 0.153 e. The maximum Gasteiger partial charge on any atom is 0.153 e. The van der Waals surface area contributed by atoms with Crippen molar-refractivity contribution in [1.82, 2.24) is 14.6 Å². The summed E-state index contributed by atoms with van der Waals surface area (Å²) in [6, 6.07) is 1.96. The number of nitrogens with one attached hydrogen (secondary N) is 1. The Balaban J connectivity index is 2.58. The van der Waals surface area contributed by atoms with E-state index < -0.39 is 0 Å². The molecule has 3 heteroatoms. The van der Waals surface area contributed by atoms with E-state index in [9.17, 15) is 0 Å². The minimum absolute atomic E-state index is 0.503. The van der Waals surface area contributed by atoms with Crippen LogP contribution in [0, 0.1) is 0 Å². The summed E-state index contributed by atoms with van der Waals surface area (Å²) >= 11 is 0. The van der Waals surface area contributed by atoms with Crippen LogP contribution in [0.15, 0.2) is 18.5 Å². The van der Waals surface area contributed by atoms with Crippen molar-refractivity contribution in [2.75, 3.05) is 0 Å². The molecule has 3 nitrogen and oxygen atoms in total. The zero-order valence-electron chi connectivity index (χ0n) is 6.70. The summed E-state index contributed by atoms with van der Waals surface area (Å²) in [4.78, 5) is 4.40. The van der Waals surface area contributed by atoms with Crippen LogP contribution in [-0.4, -0.2) is 14.6 Å². The molecule has 0 aliphatic heterocycles. The topological polar surface area (TPSA) is 33.1 Å². The first-order valence-corrected chi connectivity index (χ1v) is 3.80. The molecule has 0 saturated heterocycles. The Morgan fingerprint density at radius 2 is 2.36 bits per heavy atom. The molecule has 0 aromatic carbocycles. The van der Waals surface area contributed by atoms with Crippen molar-refractivity contribution in [2.24, 2.45) is 0 Å².